The summed E-state index contributed by atoms with van der Waals surface area (Å²) in [5, 5.41) is 7.74. The Labute approximate surface area is 116 Å². The number of halogens is 1. The topological polar surface area (TPSA) is 63.7 Å². The second-order valence-corrected chi connectivity index (χ2v) is 5.45. The summed E-state index contributed by atoms with van der Waals surface area (Å²) in [5.41, 5.74) is 0.623. The van der Waals surface area contributed by atoms with Crippen molar-refractivity contribution in [3.05, 3.63) is 11.5 Å². The molecule has 2 atom stereocenters. The second kappa shape index (κ2) is 5.33. The number of fused-ring (bicyclic) bond motifs is 1. The summed E-state index contributed by atoms with van der Waals surface area (Å²) < 4.78 is 6.04. The Hall–Kier alpha value is -1.36. The molecular formula is C13H17ClN4O. The molecule has 0 saturated heterocycles. The minimum Gasteiger partial charge on any atom is -0.474 e. The summed E-state index contributed by atoms with van der Waals surface area (Å²) >= 11 is 5.90. The Bertz CT molecular complexity index is 571. The van der Waals surface area contributed by atoms with Gasteiger partial charge < -0.3 is 4.74 Å². The van der Waals surface area contributed by atoms with Crippen molar-refractivity contribution >= 4 is 22.6 Å². The van der Waals surface area contributed by atoms with E-state index in [2.05, 4.69) is 27.1 Å². The van der Waals surface area contributed by atoms with Gasteiger partial charge in [0.1, 0.15) is 11.5 Å². The van der Waals surface area contributed by atoms with Crippen LogP contribution >= 0.6 is 11.6 Å². The first-order valence-electron chi connectivity index (χ1n) is 6.79. The van der Waals surface area contributed by atoms with Gasteiger partial charge in [0.25, 0.3) is 0 Å². The molecule has 3 rings (SSSR count). The first-order valence-corrected chi connectivity index (χ1v) is 7.17. The van der Waals surface area contributed by atoms with Crippen LogP contribution in [0.25, 0.3) is 11.0 Å². The molecule has 2 aromatic rings. The van der Waals surface area contributed by atoms with Crippen molar-refractivity contribution in [2.75, 3.05) is 0 Å². The molecule has 102 valence electrons. The van der Waals surface area contributed by atoms with Crippen LogP contribution in [0.5, 0.6) is 5.88 Å². The molecule has 0 amide bonds. The highest BCUT2D eigenvalue weighted by molar-refractivity contribution is 6.28. The van der Waals surface area contributed by atoms with Gasteiger partial charge in [0.15, 0.2) is 5.65 Å². The third-order valence-corrected chi connectivity index (χ3v) is 4.01. The largest absolute Gasteiger partial charge is 0.474 e. The number of nitrogens with one attached hydrogen (secondary N) is 1. The van der Waals surface area contributed by atoms with Crippen molar-refractivity contribution in [3.63, 3.8) is 0 Å². The van der Waals surface area contributed by atoms with Crippen molar-refractivity contribution in [2.45, 2.75) is 45.1 Å². The zero-order valence-corrected chi connectivity index (χ0v) is 11.7. The fourth-order valence-corrected chi connectivity index (χ4v) is 2.91. The summed E-state index contributed by atoms with van der Waals surface area (Å²) in [6, 6.07) is 0. The van der Waals surface area contributed by atoms with Crippen LogP contribution in [-0.2, 0) is 0 Å². The first-order chi connectivity index (χ1) is 9.26. The number of rotatable bonds is 3. The highest BCUT2D eigenvalue weighted by atomic mass is 35.5. The summed E-state index contributed by atoms with van der Waals surface area (Å²) in [4.78, 5) is 8.27. The predicted molar refractivity (Wildman–Crippen MR) is 73.4 cm³/mol. The van der Waals surface area contributed by atoms with E-state index in [9.17, 15) is 0 Å². The van der Waals surface area contributed by atoms with Gasteiger partial charge in [0.2, 0.25) is 11.2 Å². The van der Waals surface area contributed by atoms with E-state index in [-0.39, 0.29) is 11.4 Å². The zero-order valence-electron chi connectivity index (χ0n) is 10.9. The molecule has 1 N–H and O–H groups in total. The Kier molecular flexibility index (Phi) is 3.55. The van der Waals surface area contributed by atoms with Crippen LogP contribution in [0.4, 0.5) is 0 Å². The molecule has 2 aromatic heterocycles. The molecule has 2 unspecified atom stereocenters. The van der Waals surface area contributed by atoms with E-state index in [4.69, 9.17) is 16.3 Å². The maximum Gasteiger partial charge on any atom is 0.229 e. The highest BCUT2D eigenvalue weighted by Gasteiger charge is 2.23. The number of hydrogen-bond acceptors (Lipinski definition) is 4. The Morgan fingerprint density at radius 3 is 3.16 bits per heavy atom. The molecule has 19 heavy (non-hydrogen) atoms. The minimum absolute atomic E-state index is 0.189. The van der Waals surface area contributed by atoms with E-state index >= 15 is 0 Å². The summed E-state index contributed by atoms with van der Waals surface area (Å²) in [5.74, 6) is 1.31. The molecule has 0 radical (unpaired) electrons. The van der Waals surface area contributed by atoms with E-state index in [1.807, 2.05) is 0 Å². The number of nitrogens with zero attached hydrogens (tertiary/aromatic N) is 3. The van der Waals surface area contributed by atoms with Gasteiger partial charge in [-0.2, -0.15) is 15.1 Å². The number of aromatic amines is 1. The molecule has 1 fully saturated rings. The quantitative estimate of drug-likeness (QED) is 0.876. The van der Waals surface area contributed by atoms with Crippen LogP contribution in [0.3, 0.4) is 0 Å². The number of ether oxygens (including phenoxy) is 1. The van der Waals surface area contributed by atoms with Gasteiger partial charge >= 0.3 is 0 Å². The number of hydrogen-bond donors (Lipinski definition) is 1. The van der Waals surface area contributed by atoms with E-state index in [1.165, 1.54) is 19.3 Å². The molecule has 0 bridgehead atoms. The molecule has 2 heterocycles. The van der Waals surface area contributed by atoms with Crippen LogP contribution in [0.2, 0.25) is 5.28 Å². The summed E-state index contributed by atoms with van der Waals surface area (Å²) in [6.07, 6.45) is 7.82. The van der Waals surface area contributed by atoms with Crippen molar-refractivity contribution in [1.29, 1.82) is 0 Å². The molecular weight excluding hydrogens is 264 g/mol. The van der Waals surface area contributed by atoms with Crippen LogP contribution < -0.4 is 4.74 Å². The van der Waals surface area contributed by atoms with Crippen molar-refractivity contribution in [1.82, 2.24) is 20.2 Å². The first kappa shape index (κ1) is 12.7. The van der Waals surface area contributed by atoms with Crippen molar-refractivity contribution in [3.8, 4) is 5.88 Å². The Balaban J connectivity index is 1.82. The lowest BCUT2D eigenvalue weighted by atomic mass is 9.85. The van der Waals surface area contributed by atoms with Gasteiger partial charge in [-0.25, -0.2) is 0 Å². The van der Waals surface area contributed by atoms with Gasteiger partial charge in [0.05, 0.1) is 6.20 Å². The average molecular weight is 281 g/mol. The highest BCUT2D eigenvalue weighted by Crippen LogP contribution is 2.31. The summed E-state index contributed by atoms with van der Waals surface area (Å²) in [6.45, 7) is 2.24. The van der Waals surface area contributed by atoms with Crippen molar-refractivity contribution in [2.24, 2.45) is 5.92 Å². The molecule has 5 nitrogen and oxygen atoms in total. The van der Waals surface area contributed by atoms with Gasteiger partial charge in [0, 0.05) is 0 Å². The molecule has 1 saturated carbocycles. The van der Waals surface area contributed by atoms with Crippen LogP contribution in [0.15, 0.2) is 6.20 Å². The van der Waals surface area contributed by atoms with Gasteiger partial charge in [-0.05, 0) is 36.8 Å². The van der Waals surface area contributed by atoms with Gasteiger partial charge in [-0.1, -0.05) is 19.8 Å². The Morgan fingerprint density at radius 2 is 2.32 bits per heavy atom. The monoisotopic (exact) mass is 280 g/mol. The third-order valence-electron chi connectivity index (χ3n) is 3.84. The van der Waals surface area contributed by atoms with Crippen molar-refractivity contribution < 1.29 is 4.74 Å². The molecule has 1 aliphatic carbocycles. The number of aromatic nitrogens is 4. The average Bonchev–Trinajstić information content (AvgIpc) is 2.87. The van der Waals surface area contributed by atoms with Crippen LogP contribution in [0, 0.1) is 5.92 Å². The molecule has 0 aromatic carbocycles. The van der Waals surface area contributed by atoms with E-state index in [1.54, 1.807) is 6.20 Å². The SMILES string of the molecule is CCC1CCCC(Oc2nc(Cl)nc3[nH]ncc23)C1. The standard InChI is InChI=1S/C13H17ClN4O/c1-2-8-4-3-5-9(6-8)19-12-10-7-15-18-11(10)16-13(14)17-12/h7-9H,2-6H2,1H3,(H,15,16,17,18). The molecule has 1 aliphatic rings. The lowest BCUT2D eigenvalue weighted by molar-refractivity contribution is 0.119. The lowest BCUT2D eigenvalue weighted by Gasteiger charge is -2.28. The maximum absolute atomic E-state index is 6.04. The molecule has 6 heteroatoms. The lowest BCUT2D eigenvalue weighted by Crippen LogP contribution is -2.25. The Morgan fingerprint density at radius 1 is 1.42 bits per heavy atom. The van der Waals surface area contributed by atoms with Crippen LogP contribution in [-0.4, -0.2) is 26.3 Å². The minimum atomic E-state index is 0.189. The predicted octanol–water partition coefficient (Wildman–Crippen LogP) is 3.35. The molecule has 0 spiro atoms. The fraction of sp³-hybridized carbons (Fsp3) is 0.615. The van der Waals surface area contributed by atoms with Gasteiger partial charge in [-0.3, -0.25) is 5.10 Å². The summed E-state index contributed by atoms with van der Waals surface area (Å²) in [7, 11) is 0. The normalized spacial score (nSPS) is 23.7. The maximum atomic E-state index is 6.04. The van der Waals surface area contributed by atoms with E-state index in [0.29, 0.717) is 11.5 Å². The smallest absolute Gasteiger partial charge is 0.229 e. The van der Waals surface area contributed by atoms with Gasteiger partial charge in [-0.15, -0.1) is 0 Å². The third kappa shape index (κ3) is 2.66. The van der Waals surface area contributed by atoms with Crippen LogP contribution in [0.1, 0.15) is 39.0 Å². The van der Waals surface area contributed by atoms with E-state index in [0.717, 1.165) is 24.1 Å². The fourth-order valence-electron chi connectivity index (χ4n) is 2.75. The zero-order chi connectivity index (χ0) is 13.2. The second-order valence-electron chi connectivity index (χ2n) is 5.11. The molecule has 0 aliphatic heterocycles. The number of H-pyrrole nitrogens is 1. The van der Waals surface area contributed by atoms with E-state index < -0.39 is 0 Å².